The highest BCUT2D eigenvalue weighted by Crippen LogP contribution is 2.35. The van der Waals surface area contributed by atoms with Gasteiger partial charge in [0, 0.05) is 30.3 Å². The van der Waals surface area contributed by atoms with Gasteiger partial charge in [0.25, 0.3) is 5.91 Å². The van der Waals surface area contributed by atoms with Crippen molar-refractivity contribution in [3.63, 3.8) is 0 Å². The molecule has 0 saturated heterocycles. The van der Waals surface area contributed by atoms with Crippen LogP contribution in [-0.4, -0.2) is 43.7 Å². The monoisotopic (exact) mass is 452 g/mol. The molecule has 0 spiro atoms. The predicted molar refractivity (Wildman–Crippen MR) is 124 cm³/mol. The van der Waals surface area contributed by atoms with Gasteiger partial charge in [-0.25, -0.2) is 0 Å². The SMILES string of the molecule is CNC(=O)c1cc2nccc(Oc3ccc(CC(=O)OC(C)(C)C)c(OC)c3)c2cc1OC. The number of nitrogens with zero attached hydrogens (tertiary/aromatic N) is 1. The summed E-state index contributed by atoms with van der Waals surface area (Å²) in [7, 11) is 4.59. The van der Waals surface area contributed by atoms with E-state index in [4.69, 9.17) is 18.9 Å². The first-order valence-corrected chi connectivity index (χ1v) is 10.4. The number of pyridine rings is 1. The highest BCUT2D eigenvalue weighted by molar-refractivity contribution is 6.01. The van der Waals surface area contributed by atoms with Crippen LogP contribution in [0.3, 0.4) is 0 Å². The molecule has 0 atom stereocenters. The van der Waals surface area contributed by atoms with Crippen LogP contribution in [0.1, 0.15) is 36.7 Å². The van der Waals surface area contributed by atoms with Crippen LogP contribution in [0.15, 0.2) is 42.6 Å². The Morgan fingerprint density at radius 3 is 2.33 bits per heavy atom. The average molecular weight is 453 g/mol. The van der Waals surface area contributed by atoms with E-state index in [0.29, 0.717) is 45.0 Å². The van der Waals surface area contributed by atoms with Crippen LogP contribution in [0.5, 0.6) is 23.0 Å². The first-order chi connectivity index (χ1) is 15.6. The fourth-order valence-corrected chi connectivity index (χ4v) is 3.31. The van der Waals surface area contributed by atoms with Crippen molar-refractivity contribution in [3.05, 3.63) is 53.7 Å². The van der Waals surface area contributed by atoms with E-state index < -0.39 is 5.60 Å². The summed E-state index contributed by atoms with van der Waals surface area (Å²) in [5.41, 5.74) is 1.09. The number of benzene rings is 2. The van der Waals surface area contributed by atoms with Crippen molar-refractivity contribution in [1.29, 1.82) is 0 Å². The van der Waals surface area contributed by atoms with Crippen LogP contribution in [0.4, 0.5) is 0 Å². The molecule has 0 bridgehead atoms. The average Bonchev–Trinajstić information content (AvgIpc) is 2.77. The first kappa shape index (κ1) is 23.8. The van der Waals surface area contributed by atoms with E-state index >= 15 is 0 Å². The lowest BCUT2D eigenvalue weighted by Gasteiger charge is -2.20. The predicted octanol–water partition coefficient (Wildman–Crippen LogP) is 4.29. The number of amides is 1. The summed E-state index contributed by atoms with van der Waals surface area (Å²) >= 11 is 0. The molecule has 0 fully saturated rings. The van der Waals surface area contributed by atoms with Gasteiger partial charge in [-0.1, -0.05) is 6.07 Å². The fourth-order valence-electron chi connectivity index (χ4n) is 3.31. The van der Waals surface area contributed by atoms with E-state index in [2.05, 4.69) is 10.3 Å². The molecule has 174 valence electrons. The van der Waals surface area contributed by atoms with Crippen LogP contribution >= 0.6 is 0 Å². The van der Waals surface area contributed by atoms with Gasteiger partial charge in [-0.2, -0.15) is 0 Å². The molecule has 0 aliphatic rings. The molecule has 8 heteroatoms. The number of methoxy groups -OCH3 is 2. The molecule has 1 amide bonds. The Bertz CT molecular complexity index is 1180. The molecule has 1 heterocycles. The van der Waals surface area contributed by atoms with Crippen LogP contribution in [0, 0.1) is 0 Å². The Labute approximate surface area is 192 Å². The van der Waals surface area contributed by atoms with E-state index in [-0.39, 0.29) is 18.3 Å². The third-order valence-electron chi connectivity index (χ3n) is 4.74. The smallest absolute Gasteiger partial charge is 0.310 e. The van der Waals surface area contributed by atoms with Gasteiger partial charge in [-0.3, -0.25) is 14.6 Å². The fraction of sp³-hybridized carbons (Fsp3) is 0.320. The van der Waals surface area contributed by atoms with Crippen LogP contribution < -0.4 is 19.5 Å². The van der Waals surface area contributed by atoms with E-state index in [1.165, 1.54) is 14.2 Å². The Morgan fingerprint density at radius 2 is 1.70 bits per heavy atom. The second kappa shape index (κ2) is 9.77. The third-order valence-corrected chi connectivity index (χ3v) is 4.74. The van der Waals surface area contributed by atoms with Gasteiger partial charge in [0.05, 0.1) is 31.7 Å². The van der Waals surface area contributed by atoms with E-state index in [9.17, 15) is 9.59 Å². The van der Waals surface area contributed by atoms with Gasteiger partial charge < -0.3 is 24.3 Å². The van der Waals surface area contributed by atoms with Crippen LogP contribution in [-0.2, 0) is 16.0 Å². The second-order valence-electron chi connectivity index (χ2n) is 8.30. The number of hydrogen-bond acceptors (Lipinski definition) is 7. The van der Waals surface area contributed by atoms with Gasteiger partial charge in [0.2, 0.25) is 0 Å². The van der Waals surface area contributed by atoms with E-state index in [1.54, 1.807) is 49.6 Å². The summed E-state index contributed by atoms with van der Waals surface area (Å²) in [5, 5.41) is 3.27. The molecule has 0 radical (unpaired) electrons. The summed E-state index contributed by atoms with van der Waals surface area (Å²) in [6, 6.07) is 10.3. The molecular weight excluding hydrogens is 424 g/mol. The number of nitrogens with one attached hydrogen (secondary N) is 1. The van der Waals surface area contributed by atoms with Crippen molar-refractivity contribution in [2.75, 3.05) is 21.3 Å². The molecule has 8 nitrogen and oxygen atoms in total. The lowest BCUT2D eigenvalue weighted by molar-refractivity contribution is -0.153. The largest absolute Gasteiger partial charge is 0.496 e. The molecule has 1 aromatic heterocycles. The number of carbonyl (C=O) groups excluding carboxylic acids is 2. The number of hydrogen-bond donors (Lipinski definition) is 1. The number of ether oxygens (including phenoxy) is 4. The third kappa shape index (κ3) is 5.71. The number of carbonyl (C=O) groups is 2. The summed E-state index contributed by atoms with van der Waals surface area (Å²) < 4.78 is 22.4. The summed E-state index contributed by atoms with van der Waals surface area (Å²) in [4.78, 5) is 28.7. The Balaban J connectivity index is 1.92. The zero-order valence-corrected chi connectivity index (χ0v) is 19.6. The molecule has 3 rings (SSSR count). The standard InChI is InChI=1S/C25H28N2O6/c1-25(2,3)33-23(28)11-15-7-8-16(12-21(15)30-5)32-20-9-10-27-19-13-18(24(29)26-4)22(31-6)14-17(19)20/h7-10,12-14H,11H2,1-6H3,(H,26,29). The van der Waals surface area contributed by atoms with Crippen molar-refractivity contribution in [3.8, 4) is 23.0 Å². The van der Waals surface area contributed by atoms with Crippen molar-refractivity contribution in [2.24, 2.45) is 0 Å². The maximum atomic E-state index is 12.2. The van der Waals surface area contributed by atoms with Crippen LogP contribution in [0.25, 0.3) is 10.9 Å². The lowest BCUT2D eigenvalue weighted by Crippen LogP contribution is -2.25. The topological polar surface area (TPSA) is 96.0 Å². The number of esters is 1. The minimum absolute atomic E-state index is 0.0817. The maximum Gasteiger partial charge on any atom is 0.310 e. The van der Waals surface area contributed by atoms with Crippen LogP contribution in [0.2, 0.25) is 0 Å². The molecule has 2 aromatic carbocycles. The van der Waals surface area contributed by atoms with E-state index in [1.807, 2.05) is 20.8 Å². The molecule has 0 unspecified atom stereocenters. The minimum atomic E-state index is -0.561. The molecule has 0 saturated carbocycles. The Kier molecular flexibility index (Phi) is 7.06. The van der Waals surface area contributed by atoms with Crippen molar-refractivity contribution >= 4 is 22.8 Å². The van der Waals surface area contributed by atoms with Crippen molar-refractivity contribution < 1.29 is 28.5 Å². The van der Waals surface area contributed by atoms with Gasteiger partial charge >= 0.3 is 5.97 Å². The molecule has 1 N–H and O–H groups in total. The van der Waals surface area contributed by atoms with Gasteiger partial charge in [-0.15, -0.1) is 0 Å². The zero-order chi connectivity index (χ0) is 24.2. The lowest BCUT2D eigenvalue weighted by atomic mass is 10.1. The first-order valence-electron chi connectivity index (χ1n) is 10.4. The molecule has 0 aliphatic carbocycles. The maximum absolute atomic E-state index is 12.2. The zero-order valence-electron chi connectivity index (χ0n) is 19.6. The van der Waals surface area contributed by atoms with Crippen molar-refractivity contribution in [1.82, 2.24) is 10.3 Å². The quantitative estimate of drug-likeness (QED) is 0.534. The Hall–Kier alpha value is -3.81. The number of fused-ring (bicyclic) bond motifs is 1. The number of rotatable bonds is 7. The highest BCUT2D eigenvalue weighted by atomic mass is 16.6. The van der Waals surface area contributed by atoms with Gasteiger partial charge in [0.15, 0.2) is 0 Å². The molecule has 33 heavy (non-hydrogen) atoms. The second-order valence-corrected chi connectivity index (χ2v) is 8.30. The minimum Gasteiger partial charge on any atom is -0.496 e. The Morgan fingerprint density at radius 1 is 0.970 bits per heavy atom. The highest BCUT2D eigenvalue weighted by Gasteiger charge is 2.19. The van der Waals surface area contributed by atoms with Gasteiger partial charge in [-0.05, 0) is 45.0 Å². The summed E-state index contributed by atoms with van der Waals surface area (Å²) in [6.07, 6.45) is 1.68. The summed E-state index contributed by atoms with van der Waals surface area (Å²) in [5.74, 6) is 1.35. The van der Waals surface area contributed by atoms with Crippen molar-refractivity contribution in [2.45, 2.75) is 32.8 Å². The van der Waals surface area contributed by atoms with Gasteiger partial charge in [0.1, 0.15) is 28.6 Å². The molecular formula is C25H28N2O6. The molecule has 0 aliphatic heterocycles. The molecule has 3 aromatic rings. The number of aromatic nitrogens is 1. The summed E-state index contributed by atoms with van der Waals surface area (Å²) in [6.45, 7) is 5.47. The normalized spacial score (nSPS) is 11.1. The van der Waals surface area contributed by atoms with E-state index in [0.717, 1.165) is 0 Å².